The van der Waals surface area contributed by atoms with E-state index in [1.807, 2.05) is 4.90 Å². The molecule has 84 valence electrons. The molecule has 1 saturated carbocycles. The van der Waals surface area contributed by atoms with Gasteiger partial charge in [0.15, 0.2) is 0 Å². The molecule has 0 radical (unpaired) electrons. The lowest BCUT2D eigenvalue weighted by atomic mass is 10.2. The van der Waals surface area contributed by atoms with Gasteiger partial charge in [-0.2, -0.15) is 0 Å². The molecular weight excluding hydrogens is 194 g/mol. The summed E-state index contributed by atoms with van der Waals surface area (Å²) >= 11 is 0. The van der Waals surface area contributed by atoms with Gasteiger partial charge in [0.2, 0.25) is 11.8 Å². The van der Waals surface area contributed by atoms with E-state index in [-0.39, 0.29) is 24.3 Å². The molecule has 2 N–H and O–H groups in total. The van der Waals surface area contributed by atoms with Crippen LogP contribution < -0.4 is 5.73 Å². The summed E-state index contributed by atoms with van der Waals surface area (Å²) in [5.41, 5.74) is 5.28. The number of hydrogen-bond acceptors (Lipinski definition) is 3. The van der Waals surface area contributed by atoms with E-state index in [2.05, 4.69) is 0 Å². The van der Waals surface area contributed by atoms with Gasteiger partial charge in [0.1, 0.15) is 0 Å². The Balaban J connectivity index is 1.81. The zero-order valence-corrected chi connectivity index (χ0v) is 8.82. The summed E-state index contributed by atoms with van der Waals surface area (Å²) in [6.45, 7) is 2.67. The first kappa shape index (κ1) is 10.4. The van der Waals surface area contributed by atoms with E-state index in [0.29, 0.717) is 26.2 Å². The van der Waals surface area contributed by atoms with Crippen LogP contribution in [0.2, 0.25) is 0 Å². The van der Waals surface area contributed by atoms with Crippen molar-refractivity contribution in [1.82, 2.24) is 9.80 Å². The van der Waals surface area contributed by atoms with Crippen molar-refractivity contribution in [2.75, 3.05) is 32.7 Å². The van der Waals surface area contributed by atoms with Crippen LogP contribution in [0.25, 0.3) is 0 Å². The van der Waals surface area contributed by atoms with Gasteiger partial charge >= 0.3 is 0 Å². The Bertz CT molecular complexity index is 268. The van der Waals surface area contributed by atoms with Gasteiger partial charge in [0.25, 0.3) is 0 Å². The Hall–Kier alpha value is -1.10. The van der Waals surface area contributed by atoms with Gasteiger partial charge in [-0.05, 0) is 12.8 Å². The minimum Gasteiger partial charge on any atom is -0.339 e. The van der Waals surface area contributed by atoms with E-state index in [4.69, 9.17) is 5.73 Å². The zero-order valence-electron chi connectivity index (χ0n) is 8.82. The maximum absolute atomic E-state index is 11.7. The molecule has 2 aliphatic rings. The van der Waals surface area contributed by atoms with Crippen molar-refractivity contribution in [2.45, 2.75) is 12.8 Å². The van der Waals surface area contributed by atoms with Crippen molar-refractivity contribution in [3.63, 3.8) is 0 Å². The van der Waals surface area contributed by atoms with Gasteiger partial charge in [-0.25, -0.2) is 0 Å². The normalized spacial score (nSPS) is 21.7. The zero-order chi connectivity index (χ0) is 10.8. The Morgan fingerprint density at radius 3 is 2.07 bits per heavy atom. The van der Waals surface area contributed by atoms with Gasteiger partial charge in [-0.15, -0.1) is 0 Å². The summed E-state index contributed by atoms with van der Waals surface area (Å²) in [5.74, 6) is 0.533. The molecule has 0 bridgehead atoms. The van der Waals surface area contributed by atoms with Gasteiger partial charge in [-0.1, -0.05) is 0 Å². The average Bonchev–Trinajstić information content (AvgIpc) is 3.11. The van der Waals surface area contributed by atoms with Gasteiger partial charge in [0, 0.05) is 32.1 Å². The number of carbonyl (C=O) groups excluding carboxylic acids is 2. The van der Waals surface area contributed by atoms with Crippen LogP contribution in [0.4, 0.5) is 0 Å². The monoisotopic (exact) mass is 211 g/mol. The number of piperazine rings is 1. The van der Waals surface area contributed by atoms with Crippen molar-refractivity contribution >= 4 is 11.8 Å². The van der Waals surface area contributed by atoms with Gasteiger partial charge in [0.05, 0.1) is 6.54 Å². The summed E-state index contributed by atoms with van der Waals surface area (Å²) < 4.78 is 0. The lowest BCUT2D eigenvalue weighted by Crippen LogP contribution is -2.52. The maximum Gasteiger partial charge on any atom is 0.236 e. The van der Waals surface area contributed by atoms with Crippen molar-refractivity contribution in [3.05, 3.63) is 0 Å². The lowest BCUT2D eigenvalue weighted by molar-refractivity contribution is -0.139. The van der Waals surface area contributed by atoms with E-state index in [1.54, 1.807) is 4.90 Å². The lowest BCUT2D eigenvalue weighted by Gasteiger charge is -2.34. The summed E-state index contributed by atoms with van der Waals surface area (Å²) in [7, 11) is 0. The molecule has 0 aromatic rings. The summed E-state index contributed by atoms with van der Waals surface area (Å²) in [4.78, 5) is 26.6. The molecule has 5 nitrogen and oxygen atoms in total. The Morgan fingerprint density at radius 2 is 1.60 bits per heavy atom. The van der Waals surface area contributed by atoms with E-state index >= 15 is 0 Å². The number of hydrogen-bond donors (Lipinski definition) is 1. The Labute approximate surface area is 89.2 Å². The molecule has 1 heterocycles. The number of nitrogens with two attached hydrogens (primary N) is 1. The van der Waals surface area contributed by atoms with Crippen molar-refractivity contribution in [1.29, 1.82) is 0 Å². The minimum absolute atomic E-state index is 0.0199. The molecule has 15 heavy (non-hydrogen) atoms. The summed E-state index contributed by atoms with van der Waals surface area (Å²) in [6.07, 6.45) is 2.08. The predicted octanol–water partition coefficient (Wildman–Crippen LogP) is -0.974. The fourth-order valence-corrected chi connectivity index (χ4v) is 1.89. The topological polar surface area (TPSA) is 66.6 Å². The first-order valence-electron chi connectivity index (χ1n) is 5.49. The molecule has 1 aliphatic carbocycles. The van der Waals surface area contributed by atoms with Crippen LogP contribution in [0.3, 0.4) is 0 Å². The number of amides is 2. The second-order valence-corrected chi connectivity index (χ2v) is 4.18. The van der Waals surface area contributed by atoms with Crippen molar-refractivity contribution in [2.24, 2.45) is 11.7 Å². The van der Waals surface area contributed by atoms with Crippen LogP contribution >= 0.6 is 0 Å². The fraction of sp³-hybridized carbons (Fsp3) is 0.800. The molecule has 1 aliphatic heterocycles. The third kappa shape index (κ3) is 2.28. The van der Waals surface area contributed by atoms with Crippen LogP contribution in [0.5, 0.6) is 0 Å². The molecule has 2 amide bonds. The SMILES string of the molecule is NCC(=O)N1CCN(C(=O)C2CC2)CC1. The molecule has 2 rings (SSSR count). The van der Waals surface area contributed by atoms with Gasteiger partial charge < -0.3 is 15.5 Å². The van der Waals surface area contributed by atoms with E-state index in [0.717, 1.165) is 12.8 Å². The minimum atomic E-state index is -0.0199. The predicted molar refractivity (Wildman–Crippen MR) is 54.9 cm³/mol. The van der Waals surface area contributed by atoms with Crippen molar-refractivity contribution < 1.29 is 9.59 Å². The number of rotatable bonds is 2. The molecule has 2 fully saturated rings. The molecular formula is C10H17N3O2. The van der Waals surface area contributed by atoms with E-state index in [1.165, 1.54) is 0 Å². The van der Waals surface area contributed by atoms with E-state index < -0.39 is 0 Å². The number of nitrogens with zero attached hydrogens (tertiary/aromatic N) is 2. The number of carbonyl (C=O) groups is 2. The fourth-order valence-electron chi connectivity index (χ4n) is 1.89. The second-order valence-electron chi connectivity index (χ2n) is 4.18. The molecule has 0 aromatic carbocycles. The summed E-state index contributed by atoms with van der Waals surface area (Å²) in [6, 6.07) is 0. The Morgan fingerprint density at radius 1 is 1.07 bits per heavy atom. The smallest absolute Gasteiger partial charge is 0.236 e. The standard InChI is InChI=1S/C10H17N3O2/c11-7-9(14)12-3-5-13(6-4-12)10(15)8-1-2-8/h8H,1-7,11H2. The maximum atomic E-state index is 11.7. The molecule has 0 atom stereocenters. The Kier molecular flexibility index (Phi) is 2.90. The highest BCUT2D eigenvalue weighted by Crippen LogP contribution is 2.31. The molecule has 0 spiro atoms. The molecule has 0 unspecified atom stereocenters. The average molecular weight is 211 g/mol. The first-order valence-corrected chi connectivity index (χ1v) is 5.49. The largest absolute Gasteiger partial charge is 0.339 e. The third-order valence-corrected chi connectivity index (χ3v) is 3.05. The van der Waals surface area contributed by atoms with Crippen LogP contribution in [0.1, 0.15) is 12.8 Å². The molecule has 1 saturated heterocycles. The highest BCUT2D eigenvalue weighted by atomic mass is 16.2. The quantitative estimate of drug-likeness (QED) is 0.639. The van der Waals surface area contributed by atoms with Gasteiger partial charge in [-0.3, -0.25) is 9.59 Å². The highest BCUT2D eigenvalue weighted by molar-refractivity contribution is 5.82. The third-order valence-electron chi connectivity index (χ3n) is 3.05. The van der Waals surface area contributed by atoms with Crippen LogP contribution in [0, 0.1) is 5.92 Å². The second kappa shape index (κ2) is 4.18. The van der Waals surface area contributed by atoms with E-state index in [9.17, 15) is 9.59 Å². The highest BCUT2D eigenvalue weighted by Gasteiger charge is 2.34. The van der Waals surface area contributed by atoms with Crippen molar-refractivity contribution in [3.8, 4) is 0 Å². The van der Waals surface area contributed by atoms with Crippen LogP contribution in [-0.2, 0) is 9.59 Å². The van der Waals surface area contributed by atoms with Crippen LogP contribution in [0.15, 0.2) is 0 Å². The van der Waals surface area contributed by atoms with Crippen LogP contribution in [-0.4, -0.2) is 54.3 Å². The first-order chi connectivity index (χ1) is 7.22. The molecule has 0 aromatic heterocycles. The molecule has 5 heteroatoms. The summed E-state index contributed by atoms with van der Waals surface area (Å²) in [5, 5.41) is 0.